The number of carbonyl (C=O) groups is 1. The van der Waals surface area contributed by atoms with Crippen molar-refractivity contribution in [2.24, 2.45) is 5.10 Å². The number of hydrazone groups is 1. The summed E-state index contributed by atoms with van der Waals surface area (Å²) >= 11 is 0. The summed E-state index contributed by atoms with van der Waals surface area (Å²) in [4.78, 5) is 17.4. The third-order valence-corrected chi connectivity index (χ3v) is 4.34. The monoisotopic (exact) mass is 383 g/mol. The number of halogens is 4. The molecular weight excluding hydrogens is 366 g/mol. The predicted octanol–water partition coefficient (Wildman–Crippen LogP) is 3.61. The number of hydrogen-bond donors (Lipinski definition) is 1. The average Bonchev–Trinajstić information content (AvgIpc) is 3.00. The molecule has 0 unspecified atom stereocenters. The number of amides is 1. The number of fused-ring (bicyclic) bond motifs is 1. The summed E-state index contributed by atoms with van der Waals surface area (Å²) < 4.78 is 52.8. The summed E-state index contributed by atoms with van der Waals surface area (Å²) in [7, 11) is 0. The van der Waals surface area contributed by atoms with Crippen LogP contribution in [0.25, 0.3) is 10.9 Å². The number of aliphatic hydroxyl groups is 1. The molecule has 1 aliphatic rings. The minimum Gasteiger partial charge on any atom is -0.364 e. The van der Waals surface area contributed by atoms with Gasteiger partial charge in [0.05, 0.1) is 11.1 Å². The molecule has 0 fully saturated rings. The molecule has 2 heterocycles. The number of nitrogens with zero attached hydrogens (tertiary/aromatic N) is 3. The van der Waals surface area contributed by atoms with Gasteiger partial charge in [0.25, 0.3) is 18.8 Å². The number of aromatic nitrogens is 1. The van der Waals surface area contributed by atoms with E-state index in [1.54, 1.807) is 24.3 Å². The minimum atomic E-state index is -3.47. The van der Waals surface area contributed by atoms with E-state index in [1.165, 1.54) is 6.07 Å². The normalized spacial score (nSPS) is 20.0. The molecule has 144 valence electrons. The molecule has 1 amide bonds. The summed E-state index contributed by atoms with van der Waals surface area (Å²) in [5.74, 6) is -1.08. The summed E-state index contributed by atoms with van der Waals surface area (Å²) in [6, 6.07) is 7.99. The fourth-order valence-corrected chi connectivity index (χ4v) is 3.01. The highest BCUT2D eigenvalue weighted by Gasteiger charge is 2.53. The van der Waals surface area contributed by atoms with Crippen LogP contribution in [0, 0.1) is 0 Å². The van der Waals surface area contributed by atoms with Gasteiger partial charge in [0.2, 0.25) is 5.72 Å². The molecule has 1 atom stereocenters. The van der Waals surface area contributed by atoms with Gasteiger partial charge >= 0.3 is 0 Å². The quantitative estimate of drug-likeness (QED) is 0.803. The maximum Gasteiger partial charge on any atom is 0.287 e. The number of pyridine rings is 1. The second-order valence-electron chi connectivity index (χ2n) is 6.29. The van der Waals surface area contributed by atoms with Crippen molar-refractivity contribution in [1.82, 2.24) is 9.99 Å². The van der Waals surface area contributed by atoms with E-state index in [0.717, 1.165) is 6.42 Å². The lowest BCUT2D eigenvalue weighted by molar-refractivity contribution is -0.164. The van der Waals surface area contributed by atoms with Crippen LogP contribution in [0.2, 0.25) is 0 Å². The molecule has 0 saturated carbocycles. The second-order valence-corrected chi connectivity index (χ2v) is 6.29. The van der Waals surface area contributed by atoms with Gasteiger partial charge in [0.15, 0.2) is 0 Å². The Morgan fingerprint density at radius 2 is 2.00 bits per heavy atom. The lowest BCUT2D eigenvalue weighted by Gasteiger charge is -2.30. The van der Waals surface area contributed by atoms with Crippen LogP contribution >= 0.6 is 0 Å². The number of alkyl halides is 4. The van der Waals surface area contributed by atoms with Gasteiger partial charge in [0, 0.05) is 17.5 Å². The lowest BCUT2D eigenvalue weighted by Crippen LogP contribution is -2.51. The smallest absolute Gasteiger partial charge is 0.287 e. The number of rotatable bonds is 5. The Balaban J connectivity index is 2.13. The van der Waals surface area contributed by atoms with E-state index in [9.17, 15) is 27.5 Å². The number of para-hydroxylation sites is 1. The zero-order valence-electron chi connectivity index (χ0n) is 14.4. The van der Waals surface area contributed by atoms with Gasteiger partial charge in [0.1, 0.15) is 5.71 Å². The number of benzene rings is 1. The average molecular weight is 383 g/mol. The Bertz CT molecular complexity index is 903. The van der Waals surface area contributed by atoms with Crippen LogP contribution in [0.1, 0.15) is 35.8 Å². The maximum atomic E-state index is 13.4. The Morgan fingerprint density at radius 3 is 2.63 bits per heavy atom. The van der Waals surface area contributed by atoms with Crippen LogP contribution in [-0.2, 0) is 6.42 Å². The lowest BCUT2D eigenvalue weighted by atomic mass is 10.0. The van der Waals surface area contributed by atoms with Gasteiger partial charge < -0.3 is 5.11 Å². The number of carbonyl (C=O) groups excluding carboxylic acids is 1. The van der Waals surface area contributed by atoms with Gasteiger partial charge in [-0.25, -0.2) is 17.6 Å². The highest BCUT2D eigenvalue weighted by atomic mass is 19.3. The van der Waals surface area contributed by atoms with E-state index in [2.05, 4.69) is 10.1 Å². The summed E-state index contributed by atoms with van der Waals surface area (Å²) in [5.41, 5.74) is -3.08. The topological polar surface area (TPSA) is 65.8 Å². The van der Waals surface area contributed by atoms with Crippen molar-refractivity contribution in [1.29, 1.82) is 0 Å². The summed E-state index contributed by atoms with van der Waals surface area (Å²) in [6.07, 6.45) is -6.46. The van der Waals surface area contributed by atoms with Gasteiger partial charge in [-0.2, -0.15) is 10.1 Å². The third-order valence-electron chi connectivity index (χ3n) is 4.34. The van der Waals surface area contributed by atoms with Crippen LogP contribution in [-0.4, -0.2) is 45.3 Å². The van der Waals surface area contributed by atoms with Crippen molar-refractivity contribution >= 4 is 22.5 Å². The Morgan fingerprint density at radius 1 is 1.30 bits per heavy atom. The van der Waals surface area contributed by atoms with E-state index in [1.807, 2.05) is 6.92 Å². The highest BCUT2D eigenvalue weighted by molar-refractivity contribution is 6.07. The fourth-order valence-electron chi connectivity index (χ4n) is 3.01. The Labute approximate surface area is 152 Å². The largest absolute Gasteiger partial charge is 0.364 e. The maximum absolute atomic E-state index is 13.4. The zero-order valence-corrected chi connectivity index (χ0v) is 14.4. The standard InChI is InChI=1S/C18H17F4N3O2/c1-2-5-10-8-12(11-6-3-4-7-13(11)23-10)16(26)25-18(27,17(21)22)9-14(24-25)15(19)20/h3-4,6-8,15,17,27H,2,5,9H2,1H3/t18-/m1/s1. The highest BCUT2D eigenvalue weighted by Crippen LogP contribution is 2.35. The molecule has 1 aromatic carbocycles. The fraction of sp³-hybridized carbons (Fsp3) is 0.389. The van der Waals surface area contributed by atoms with E-state index >= 15 is 0 Å². The van der Waals surface area contributed by atoms with Gasteiger partial charge in [-0.1, -0.05) is 31.5 Å². The molecule has 27 heavy (non-hydrogen) atoms. The van der Waals surface area contributed by atoms with E-state index in [-0.39, 0.29) is 10.6 Å². The van der Waals surface area contributed by atoms with Crippen LogP contribution in [0.4, 0.5) is 17.6 Å². The molecule has 1 N–H and O–H groups in total. The Hall–Kier alpha value is -2.55. The van der Waals surface area contributed by atoms with Gasteiger partial charge in [-0.05, 0) is 18.6 Å². The molecule has 0 aliphatic carbocycles. The second kappa shape index (κ2) is 7.22. The first-order chi connectivity index (χ1) is 12.8. The van der Waals surface area contributed by atoms with Crippen LogP contribution in [0.15, 0.2) is 35.4 Å². The van der Waals surface area contributed by atoms with Crippen LogP contribution in [0.3, 0.4) is 0 Å². The molecule has 3 rings (SSSR count). The number of hydrogen-bond acceptors (Lipinski definition) is 4. The van der Waals surface area contributed by atoms with E-state index in [4.69, 9.17) is 0 Å². The van der Waals surface area contributed by atoms with Crippen molar-refractivity contribution in [3.8, 4) is 0 Å². The van der Waals surface area contributed by atoms with Crippen molar-refractivity contribution in [2.75, 3.05) is 0 Å². The zero-order chi connectivity index (χ0) is 19.8. The molecule has 5 nitrogen and oxygen atoms in total. The summed E-state index contributed by atoms with van der Waals surface area (Å²) in [5, 5.41) is 14.0. The summed E-state index contributed by atoms with van der Waals surface area (Å²) in [6.45, 7) is 1.91. The molecular formula is C18H17F4N3O2. The molecule has 0 radical (unpaired) electrons. The first-order valence-electron chi connectivity index (χ1n) is 8.37. The molecule has 9 heteroatoms. The van der Waals surface area contributed by atoms with E-state index < -0.39 is 36.6 Å². The minimum absolute atomic E-state index is 0.0256. The van der Waals surface area contributed by atoms with Crippen molar-refractivity contribution in [2.45, 2.75) is 44.8 Å². The van der Waals surface area contributed by atoms with Crippen LogP contribution in [0.5, 0.6) is 0 Å². The molecule has 2 aromatic rings. The molecule has 1 aliphatic heterocycles. The molecule has 0 bridgehead atoms. The van der Waals surface area contributed by atoms with Crippen molar-refractivity contribution < 1.29 is 27.5 Å². The van der Waals surface area contributed by atoms with Crippen LogP contribution < -0.4 is 0 Å². The first kappa shape index (κ1) is 19.2. The SMILES string of the molecule is CCCc1cc(C(=O)N2N=C(C(F)F)C[C@@]2(O)C(F)F)c2ccccc2n1. The molecule has 0 spiro atoms. The van der Waals surface area contributed by atoms with Gasteiger partial charge in [-0.3, -0.25) is 9.78 Å². The van der Waals surface area contributed by atoms with E-state index in [0.29, 0.717) is 23.0 Å². The first-order valence-corrected chi connectivity index (χ1v) is 8.37. The predicted molar refractivity (Wildman–Crippen MR) is 90.9 cm³/mol. The van der Waals surface area contributed by atoms with Gasteiger partial charge in [-0.15, -0.1) is 0 Å². The van der Waals surface area contributed by atoms with Crippen molar-refractivity contribution in [3.63, 3.8) is 0 Å². The third kappa shape index (κ3) is 3.39. The number of aryl methyl sites for hydroxylation is 1. The molecule has 1 aromatic heterocycles. The Kier molecular flexibility index (Phi) is 5.14. The van der Waals surface area contributed by atoms with Crippen molar-refractivity contribution in [3.05, 3.63) is 41.6 Å². The molecule has 0 saturated heterocycles.